The average molecular weight is 372 g/mol. The molecule has 3 aromatic rings. The standard InChI is InChI=1S/C24H24N2O2/c1-24(2,3)19-12-7-8-14-21(19)28-23-20(13-9-17-25-23)26-22(27)16-15-18-10-5-4-6-11-18/h4-17H,1-3H3,(H,26,27)/b16-15+. The van der Waals surface area contributed by atoms with Gasteiger partial charge in [-0.05, 0) is 35.3 Å². The largest absolute Gasteiger partial charge is 0.437 e. The van der Waals surface area contributed by atoms with Crippen molar-refractivity contribution in [3.05, 3.63) is 90.1 Å². The Labute approximate surface area is 165 Å². The third-order valence-electron chi connectivity index (χ3n) is 4.16. The number of hydrogen-bond donors (Lipinski definition) is 1. The van der Waals surface area contributed by atoms with E-state index in [-0.39, 0.29) is 11.3 Å². The fourth-order valence-electron chi connectivity index (χ4n) is 2.76. The molecule has 0 aliphatic heterocycles. The van der Waals surface area contributed by atoms with Crippen LogP contribution in [0.5, 0.6) is 11.6 Å². The normalized spacial score (nSPS) is 11.4. The summed E-state index contributed by atoms with van der Waals surface area (Å²) in [4.78, 5) is 16.6. The van der Waals surface area contributed by atoms with Gasteiger partial charge in [0, 0.05) is 17.8 Å². The van der Waals surface area contributed by atoms with E-state index in [4.69, 9.17) is 4.74 Å². The second kappa shape index (κ2) is 8.53. The summed E-state index contributed by atoms with van der Waals surface area (Å²) >= 11 is 0. The summed E-state index contributed by atoms with van der Waals surface area (Å²) in [5, 5.41) is 2.85. The molecule has 0 aliphatic rings. The summed E-state index contributed by atoms with van der Waals surface area (Å²) in [6.45, 7) is 6.39. The zero-order chi connectivity index (χ0) is 20.0. The van der Waals surface area contributed by atoms with Crippen LogP contribution in [-0.4, -0.2) is 10.9 Å². The van der Waals surface area contributed by atoms with Crippen LogP contribution in [-0.2, 0) is 10.2 Å². The Kier molecular flexibility index (Phi) is 5.90. The molecule has 1 heterocycles. The lowest BCUT2D eigenvalue weighted by molar-refractivity contribution is -0.111. The van der Waals surface area contributed by atoms with Crippen molar-refractivity contribution in [2.24, 2.45) is 0 Å². The van der Waals surface area contributed by atoms with Gasteiger partial charge in [0.1, 0.15) is 11.4 Å². The highest BCUT2D eigenvalue weighted by Gasteiger charge is 2.20. The molecular weight excluding hydrogens is 348 g/mol. The van der Waals surface area contributed by atoms with Crippen LogP contribution in [0.3, 0.4) is 0 Å². The molecule has 4 heteroatoms. The van der Waals surface area contributed by atoms with Crippen molar-refractivity contribution in [3.8, 4) is 11.6 Å². The van der Waals surface area contributed by atoms with Gasteiger partial charge in [-0.15, -0.1) is 0 Å². The molecule has 0 bridgehead atoms. The molecule has 0 saturated carbocycles. The molecule has 0 saturated heterocycles. The molecule has 0 spiro atoms. The van der Waals surface area contributed by atoms with Crippen molar-refractivity contribution in [2.75, 3.05) is 5.32 Å². The molecular formula is C24H24N2O2. The second-order valence-corrected chi connectivity index (χ2v) is 7.44. The fraction of sp³-hybridized carbons (Fsp3) is 0.167. The molecule has 3 rings (SSSR count). The number of carbonyl (C=O) groups excluding carboxylic acids is 1. The predicted octanol–water partition coefficient (Wildman–Crippen LogP) is 5.82. The van der Waals surface area contributed by atoms with Gasteiger partial charge in [-0.1, -0.05) is 69.3 Å². The van der Waals surface area contributed by atoms with Gasteiger partial charge >= 0.3 is 0 Å². The lowest BCUT2D eigenvalue weighted by Crippen LogP contribution is -2.13. The number of ether oxygens (including phenoxy) is 1. The van der Waals surface area contributed by atoms with Crippen molar-refractivity contribution in [1.82, 2.24) is 4.98 Å². The summed E-state index contributed by atoms with van der Waals surface area (Å²) in [7, 11) is 0. The summed E-state index contributed by atoms with van der Waals surface area (Å²) in [6, 6.07) is 21.1. The second-order valence-electron chi connectivity index (χ2n) is 7.44. The van der Waals surface area contributed by atoms with Crippen LogP contribution >= 0.6 is 0 Å². The minimum absolute atomic E-state index is 0.0762. The first kappa shape index (κ1) is 19.4. The van der Waals surface area contributed by atoms with E-state index in [0.29, 0.717) is 11.6 Å². The first-order valence-corrected chi connectivity index (χ1v) is 9.20. The van der Waals surface area contributed by atoms with Gasteiger partial charge < -0.3 is 10.1 Å². The van der Waals surface area contributed by atoms with Crippen LogP contribution in [0.1, 0.15) is 31.9 Å². The number of para-hydroxylation sites is 1. The Hall–Kier alpha value is -3.40. The van der Waals surface area contributed by atoms with Crippen LogP contribution < -0.4 is 10.1 Å². The summed E-state index contributed by atoms with van der Waals surface area (Å²) < 4.78 is 6.08. The Morgan fingerprint density at radius 1 is 0.964 bits per heavy atom. The van der Waals surface area contributed by atoms with E-state index >= 15 is 0 Å². The number of amides is 1. The molecule has 142 valence electrons. The smallest absolute Gasteiger partial charge is 0.248 e. The highest BCUT2D eigenvalue weighted by molar-refractivity contribution is 6.02. The molecule has 0 unspecified atom stereocenters. The number of aromatic nitrogens is 1. The van der Waals surface area contributed by atoms with Gasteiger partial charge in [0.2, 0.25) is 11.8 Å². The van der Waals surface area contributed by atoms with Crippen LogP contribution in [0.2, 0.25) is 0 Å². The maximum absolute atomic E-state index is 12.3. The predicted molar refractivity (Wildman–Crippen MR) is 114 cm³/mol. The number of anilines is 1. The van der Waals surface area contributed by atoms with Gasteiger partial charge in [-0.3, -0.25) is 4.79 Å². The Bertz CT molecular complexity index is 973. The Balaban J connectivity index is 1.79. The first-order chi connectivity index (χ1) is 13.4. The first-order valence-electron chi connectivity index (χ1n) is 9.20. The highest BCUT2D eigenvalue weighted by atomic mass is 16.5. The number of benzene rings is 2. The van der Waals surface area contributed by atoms with E-state index in [2.05, 4.69) is 31.1 Å². The van der Waals surface area contributed by atoms with Crippen LogP contribution in [0.4, 0.5) is 5.69 Å². The minimum Gasteiger partial charge on any atom is -0.437 e. The van der Waals surface area contributed by atoms with Crippen LogP contribution in [0, 0.1) is 0 Å². The molecule has 0 atom stereocenters. The van der Waals surface area contributed by atoms with Gasteiger partial charge in [0.15, 0.2) is 0 Å². The van der Waals surface area contributed by atoms with Crippen molar-refractivity contribution >= 4 is 17.7 Å². The van der Waals surface area contributed by atoms with Crippen LogP contribution in [0.15, 0.2) is 79.0 Å². The molecule has 0 aliphatic carbocycles. The summed E-state index contributed by atoms with van der Waals surface area (Å²) in [5.74, 6) is 0.843. The van der Waals surface area contributed by atoms with Gasteiger partial charge in [0.25, 0.3) is 0 Å². The lowest BCUT2D eigenvalue weighted by Gasteiger charge is -2.22. The molecule has 1 amide bonds. The van der Waals surface area contributed by atoms with Gasteiger partial charge in [-0.25, -0.2) is 4.98 Å². The quantitative estimate of drug-likeness (QED) is 0.574. The maximum Gasteiger partial charge on any atom is 0.248 e. The molecule has 1 N–H and O–H groups in total. The van der Waals surface area contributed by atoms with E-state index in [1.54, 1.807) is 24.4 Å². The molecule has 2 aromatic carbocycles. The third kappa shape index (κ3) is 5.07. The summed E-state index contributed by atoms with van der Waals surface area (Å²) in [5.41, 5.74) is 2.47. The van der Waals surface area contributed by atoms with E-state index in [1.165, 1.54) is 6.08 Å². The highest BCUT2D eigenvalue weighted by Crippen LogP contribution is 2.35. The SMILES string of the molecule is CC(C)(C)c1ccccc1Oc1ncccc1NC(=O)/C=C/c1ccccc1. The van der Waals surface area contributed by atoms with E-state index in [1.807, 2.05) is 54.6 Å². The average Bonchev–Trinajstić information content (AvgIpc) is 2.68. The molecule has 1 aromatic heterocycles. The van der Waals surface area contributed by atoms with Crippen molar-refractivity contribution < 1.29 is 9.53 Å². The molecule has 0 fully saturated rings. The fourth-order valence-corrected chi connectivity index (χ4v) is 2.76. The molecule has 28 heavy (non-hydrogen) atoms. The number of carbonyl (C=O) groups is 1. The molecule has 0 radical (unpaired) electrons. The van der Waals surface area contributed by atoms with E-state index in [0.717, 1.165) is 16.9 Å². The molecule has 4 nitrogen and oxygen atoms in total. The number of nitrogens with zero attached hydrogens (tertiary/aromatic N) is 1. The van der Waals surface area contributed by atoms with E-state index < -0.39 is 0 Å². The monoisotopic (exact) mass is 372 g/mol. The number of nitrogens with one attached hydrogen (secondary N) is 1. The zero-order valence-corrected chi connectivity index (χ0v) is 16.3. The van der Waals surface area contributed by atoms with E-state index in [9.17, 15) is 4.79 Å². The topological polar surface area (TPSA) is 51.2 Å². The lowest BCUT2D eigenvalue weighted by atomic mass is 9.86. The van der Waals surface area contributed by atoms with Crippen molar-refractivity contribution in [1.29, 1.82) is 0 Å². The Morgan fingerprint density at radius 2 is 1.68 bits per heavy atom. The minimum atomic E-state index is -0.245. The number of rotatable bonds is 5. The zero-order valence-electron chi connectivity index (χ0n) is 16.3. The van der Waals surface area contributed by atoms with Crippen LogP contribution in [0.25, 0.3) is 6.08 Å². The summed E-state index contributed by atoms with van der Waals surface area (Å²) in [6.07, 6.45) is 4.90. The number of hydrogen-bond acceptors (Lipinski definition) is 3. The number of pyridine rings is 1. The third-order valence-corrected chi connectivity index (χ3v) is 4.16. The van der Waals surface area contributed by atoms with Crippen molar-refractivity contribution in [3.63, 3.8) is 0 Å². The Morgan fingerprint density at radius 3 is 2.43 bits per heavy atom. The van der Waals surface area contributed by atoms with Gasteiger partial charge in [-0.2, -0.15) is 0 Å². The maximum atomic E-state index is 12.3. The van der Waals surface area contributed by atoms with Crippen molar-refractivity contribution in [2.45, 2.75) is 26.2 Å². The van der Waals surface area contributed by atoms with Gasteiger partial charge in [0.05, 0.1) is 0 Å².